The number of anilines is 1. The minimum atomic E-state index is -1.27. The van der Waals surface area contributed by atoms with Crippen LogP contribution < -0.4 is 5.32 Å². The number of hydrogen-bond acceptors (Lipinski definition) is 6. The molecule has 0 saturated carbocycles. The van der Waals surface area contributed by atoms with Gasteiger partial charge in [-0.25, -0.2) is 0 Å². The Balaban J connectivity index is 1.66. The van der Waals surface area contributed by atoms with Crippen LogP contribution in [0.4, 0.5) is 5.69 Å². The summed E-state index contributed by atoms with van der Waals surface area (Å²) >= 11 is 6.44. The Morgan fingerprint density at radius 2 is 1.95 bits per heavy atom. The number of fused-ring (bicyclic) bond motifs is 1. The molecular formula is C29H33ClN2O6. The maximum Gasteiger partial charge on any atom is 0.312 e. The highest BCUT2D eigenvalue weighted by molar-refractivity contribution is 6.34. The zero-order valence-corrected chi connectivity index (χ0v) is 22.7. The quantitative estimate of drug-likeness (QED) is 0.516. The summed E-state index contributed by atoms with van der Waals surface area (Å²) in [5.74, 6) is -3.32. The summed E-state index contributed by atoms with van der Waals surface area (Å²) < 4.78 is 12.1. The van der Waals surface area contributed by atoms with Crippen molar-refractivity contribution in [3.05, 3.63) is 64.7 Å². The van der Waals surface area contributed by atoms with Gasteiger partial charge in [-0.15, -0.1) is 0 Å². The van der Waals surface area contributed by atoms with E-state index < -0.39 is 59.5 Å². The molecule has 3 heterocycles. The number of esters is 1. The fourth-order valence-electron chi connectivity index (χ4n) is 6.91. The van der Waals surface area contributed by atoms with Gasteiger partial charge in [-0.1, -0.05) is 61.0 Å². The summed E-state index contributed by atoms with van der Waals surface area (Å²) in [6, 6.07) is 12.4. The summed E-state index contributed by atoms with van der Waals surface area (Å²) in [7, 11) is 0. The summed E-state index contributed by atoms with van der Waals surface area (Å²) in [4.78, 5) is 43.3. The highest BCUT2D eigenvalue weighted by atomic mass is 35.5. The number of likely N-dealkylation sites (tertiary alicyclic amines) is 1. The zero-order valence-electron chi connectivity index (χ0n) is 21.9. The molecule has 3 fully saturated rings. The lowest BCUT2D eigenvalue weighted by molar-refractivity contribution is -0.162. The van der Waals surface area contributed by atoms with Crippen LogP contribution in [0.25, 0.3) is 0 Å². The number of carbonyl (C=O) groups is 3. The largest absolute Gasteiger partial charge is 0.466 e. The Kier molecular flexibility index (Phi) is 6.78. The molecule has 3 saturated heterocycles. The summed E-state index contributed by atoms with van der Waals surface area (Å²) in [5.41, 5.74) is -0.365. The highest BCUT2D eigenvalue weighted by Gasteiger charge is 2.80. The van der Waals surface area contributed by atoms with Gasteiger partial charge in [0.15, 0.2) is 0 Å². The van der Waals surface area contributed by atoms with Crippen LogP contribution in [0.5, 0.6) is 0 Å². The third-order valence-electron chi connectivity index (χ3n) is 8.70. The number of amides is 2. The molecule has 2 aromatic carbocycles. The Morgan fingerprint density at radius 3 is 2.58 bits per heavy atom. The standard InChI is InChI=1S/C29H33ClN2O6/c1-5-37-27(36)22-21-26(35)32(20(15-33)18-11-7-6-8-12-18)24(29(21)14-17(3)28(22,4)38-29)25(34)31-23-16(2)10-9-13-19(23)30/h6-13,17,20-22,24,33H,5,14-15H2,1-4H3,(H,31,34)/t17?,20-,21+,22+,24?,28-,29?/m1/s1. The molecule has 8 nitrogen and oxygen atoms in total. The van der Waals surface area contributed by atoms with E-state index in [1.807, 2.05) is 45.0 Å². The van der Waals surface area contributed by atoms with Gasteiger partial charge < -0.3 is 24.8 Å². The molecule has 0 aromatic heterocycles. The Labute approximate surface area is 227 Å². The molecule has 2 bridgehead atoms. The second-order valence-electron chi connectivity index (χ2n) is 10.7. The SMILES string of the molecule is CCOC(=O)[C@@H]1[C@H]2C(=O)N([C@H](CO)c3ccccc3)C(C(=O)Nc3c(C)cccc3Cl)C23CC(C)[C@@]1(C)O3. The predicted molar refractivity (Wildman–Crippen MR) is 141 cm³/mol. The van der Waals surface area contributed by atoms with Gasteiger partial charge in [0.1, 0.15) is 17.6 Å². The second kappa shape index (κ2) is 9.67. The molecule has 38 heavy (non-hydrogen) atoms. The number of hydrogen-bond donors (Lipinski definition) is 2. The first-order chi connectivity index (χ1) is 18.1. The fraction of sp³-hybridized carbons (Fsp3) is 0.483. The van der Waals surface area contributed by atoms with Crippen molar-refractivity contribution in [2.24, 2.45) is 17.8 Å². The number of halogens is 1. The van der Waals surface area contributed by atoms with Gasteiger partial charge in [-0.05, 0) is 50.3 Å². The van der Waals surface area contributed by atoms with E-state index in [1.165, 1.54) is 4.90 Å². The van der Waals surface area contributed by atoms with Crippen LogP contribution in [0, 0.1) is 24.7 Å². The van der Waals surface area contributed by atoms with Crippen LogP contribution in [0.2, 0.25) is 5.02 Å². The van der Waals surface area contributed by atoms with Crippen LogP contribution in [0.1, 0.15) is 44.4 Å². The Hall–Kier alpha value is -2.94. The molecule has 0 aliphatic carbocycles. The van der Waals surface area contributed by atoms with E-state index in [4.69, 9.17) is 21.1 Å². The number of aliphatic hydroxyl groups excluding tert-OH is 1. The molecular weight excluding hydrogens is 508 g/mol. The molecule has 9 heteroatoms. The molecule has 2 amide bonds. The van der Waals surface area contributed by atoms with E-state index in [0.29, 0.717) is 22.7 Å². The number of para-hydroxylation sites is 1. The summed E-state index contributed by atoms with van der Waals surface area (Å²) in [6.07, 6.45) is 0.402. The molecule has 202 valence electrons. The second-order valence-corrected chi connectivity index (χ2v) is 11.1. The molecule has 3 unspecified atom stereocenters. The van der Waals surface area contributed by atoms with E-state index in [0.717, 1.165) is 5.56 Å². The lowest BCUT2D eigenvalue weighted by Crippen LogP contribution is -2.54. The lowest BCUT2D eigenvalue weighted by atomic mass is 9.62. The first-order valence-corrected chi connectivity index (χ1v) is 13.4. The van der Waals surface area contributed by atoms with Gasteiger partial charge in [0.2, 0.25) is 11.8 Å². The van der Waals surface area contributed by atoms with Crippen LogP contribution >= 0.6 is 11.6 Å². The van der Waals surface area contributed by atoms with E-state index in [1.54, 1.807) is 31.2 Å². The number of benzene rings is 2. The van der Waals surface area contributed by atoms with Gasteiger partial charge in [0.05, 0.1) is 41.5 Å². The molecule has 1 spiro atoms. The Morgan fingerprint density at radius 1 is 1.24 bits per heavy atom. The van der Waals surface area contributed by atoms with Gasteiger partial charge >= 0.3 is 5.97 Å². The van der Waals surface area contributed by atoms with E-state index in [-0.39, 0.29) is 12.5 Å². The monoisotopic (exact) mass is 540 g/mol. The van der Waals surface area contributed by atoms with Crippen molar-refractivity contribution < 1.29 is 29.0 Å². The maximum atomic E-state index is 14.3. The first-order valence-electron chi connectivity index (χ1n) is 13.0. The molecule has 3 aliphatic rings. The molecule has 2 N–H and O–H groups in total. The number of aliphatic hydroxyl groups is 1. The molecule has 0 radical (unpaired) electrons. The normalized spacial score (nSPS) is 32.3. The number of nitrogens with zero attached hydrogens (tertiary/aromatic N) is 1. The third-order valence-corrected chi connectivity index (χ3v) is 9.02. The number of aryl methyl sites for hydroxylation is 1. The van der Waals surface area contributed by atoms with Crippen molar-refractivity contribution in [2.75, 3.05) is 18.5 Å². The number of nitrogens with one attached hydrogen (secondary N) is 1. The number of carbonyl (C=O) groups excluding carboxylic acids is 3. The van der Waals surface area contributed by atoms with E-state index in [9.17, 15) is 19.5 Å². The van der Waals surface area contributed by atoms with Crippen LogP contribution in [-0.2, 0) is 23.9 Å². The zero-order chi connectivity index (χ0) is 27.4. The van der Waals surface area contributed by atoms with Gasteiger partial charge in [-0.2, -0.15) is 0 Å². The predicted octanol–water partition coefficient (Wildman–Crippen LogP) is 3.89. The van der Waals surface area contributed by atoms with Crippen LogP contribution in [-0.4, -0.2) is 58.2 Å². The summed E-state index contributed by atoms with van der Waals surface area (Å²) in [5, 5.41) is 13.9. The van der Waals surface area contributed by atoms with Gasteiger partial charge in [-0.3, -0.25) is 14.4 Å². The first kappa shape index (κ1) is 26.7. The van der Waals surface area contributed by atoms with Gasteiger partial charge in [0, 0.05) is 0 Å². The van der Waals surface area contributed by atoms with Crippen molar-refractivity contribution in [1.82, 2.24) is 4.90 Å². The molecule has 7 atom stereocenters. The lowest BCUT2D eigenvalue weighted by Gasteiger charge is -2.37. The minimum Gasteiger partial charge on any atom is -0.466 e. The summed E-state index contributed by atoms with van der Waals surface area (Å²) in [6.45, 7) is 7.10. The van der Waals surface area contributed by atoms with Gasteiger partial charge in [0.25, 0.3) is 0 Å². The van der Waals surface area contributed by atoms with Crippen molar-refractivity contribution in [2.45, 2.75) is 57.4 Å². The number of ether oxygens (including phenoxy) is 2. The average molecular weight is 541 g/mol. The van der Waals surface area contributed by atoms with Crippen LogP contribution in [0.3, 0.4) is 0 Å². The minimum absolute atomic E-state index is 0.123. The molecule has 5 rings (SSSR count). The smallest absolute Gasteiger partial charge is 0.312 e. The van der Waals surface area contributed by atoms with E-state index >= 15 is 0 Å². The van der Waals surface area contributed by atoms with Crippen molar-refractivity contribution >= 4 is 35.1 Å². The topological polar surface area (TPSA) is 105 Å². The molecule has 3 aliphatic heterocycles. The average Bonchev–Trinajstić information content (AvgIpc) is 3.40. The van der Waals surface area contributed by atoms with Crippen molar-refractivity contribution in [3.63, 3.8) is 0 Å². The Bertz CT molecular complexity index is 1250. The fourth-order valence-corrected chi connectivity index (χ4v) is 7.18. The number of rotatable bonds is 7. The molecule has 2 aromatic rings. The highest BCUT2D eigenvalue weighted by Crippen LogP contribution is 2.66. The van der Waals surface area contributed by atoms with Crippen molar-refractivity contribution in [3.8, 4) is 0 Å². The van der Waals surface area contributed by atoms with E-state index in [2.05, 4.69) is 5.32 Å². The van der Waals surface area contributed by atoms with Crippen LogP contribution in [0.15, 0.2) is 48.5 Å². The third kappa shape index (κ3) is 3.76. The maximum absolute atomic E-state index is 14.3. The van der Waals surface area contributed by atoms with Crippen molar-refractivity contribution in [1.29, 1.82) is 0 Å².